The fraction of sp³-hybridized carbons (Fsp3) is 0.471. The van der Waals surface area contributed by atoms with E-state index in [1.165, 1.54) is 0 Å². The molecule has 0 radical (unpaired) electrons. The molecule has 0 spiro atoms. The number of aryl methyl sites for hydroxylation is 2. The molecule has 6 heteroatoms. The Morgan fingerprint density at radius 1 is 1.30 bits per heavy atom. The first-order valence-corrected chi connectivity index (χ1v) is 7.91. The quantitative estimate of drug-likeness (QED) is 0.871. The molecule has 3 heterocycles. The lowest BCUT2D eigenvalue weighted by Crippen LogP contribution is -2.40. The average Bonchev–Trinajstić information content (AvgIpc) is 2.93. The van der Waals surface area contributed by atoms with Crippen LogP contribution < -0.4 is 0 Å². The number of carbonyl (C=O) groups excluding carboxylic acids is 1. The Bertz CT molecular complexity index is 687. The molecule has 2 aromatic rings. The molecule has 0 aliphatic carbocycles. The maximum absolute atomic E-state index is 12.6. The second-order valence-corrected chi connectivity index (χ2v) is 6.00. The summed E-state index contributed by atoms with van der Waals surface area (Å²) >= 11 is 0. The second kappa shape index (κ2) is 6.50. The van der Waals surface area contributed by atoms with Gasteiger partial charge in [-0.3, -0.25) is 4.79 Å². The molecule has 1 aliphatic heterocycles. The van der Waals surface area contributed by atoms with Gasteiger partial charge in [-0.25, -0.2) is 9.67 Å². The Morgan fingerprint density at radius 2 is 2.04 bits per heavy atom. The smallest absolute Gasteiger partial charge is 0.255 e. The summed E-state index contributed by atoms with van der Waals surface area (Å²) in [5, 5.41) is 4.41. The van der Waals surface area contributed by atoms with Crippen LogP contribution in [-0.2, 0) is 4.74 Å². The van der Waals surface area contributed by atoms with Gasteiger partial charge in [-0.15, -0.1) is 0 Å². The Morgan fingerprint density at radius 3 is 2.61 bits per heavy atom. The maximum Gasteiger partial charge on any atom is 0.255 e. The zero-order valence-electron chi connectivity index (χ0n) is 13.8. The number of rotatable bonds is 3. The molecule has 6 nitrogen and oxygen atoms in total. The van der Waals surface area contributed by atoms with Crippen molar-refractivity contribution in [1.29, 1.82) is 0 Å². The van der Waals surface area contributed by atoms with Gasteiger partial charge in [0.2, 0.25) is 0 Å². The van der Waals surface area contributed by atoms with Crippen LogP contribution in [0.25, 0.3) is 5.82 Å². The number of amides is 1. The number of hydrogen-bond donors (Lipinski definition) is 0. The van der Waals surface area contributed by atoms with Gasteiger partial charge in [0, 0.05) is 38.2 Å². The lowest BCUT2D eigenvalue weighted by molar-refractivity contribution is 0.0362. The van der Waals surface area contributed by atoms with Crippen LogP contribution in [0.2, 0.25) is 0 Å². The molecule has 0 aromatic carbocycles. The summed E-state index contributed by atoms with van der Waals surface area (Å²) in [5.41, 5.74) is 2.57. The summed E-state index contributed by atoms with van der Waals surface area (Å²) in [7, 11) is 1.85. The van der Waals surface area contributed by atoms with Crippen molar-refractivity contribution in [2.24, 2.45) is 0 Å². The summed E-state index contributed by atoms with van der Waals surface area (Å²) in [6.45, 7) is 5.37. The third-order valence-electron chi connectivity index (χ3n) is 4.28. The van der Waals surface area contributed by atoms with Crippen molar-refractivity contribution in [3.63, 3.8) is 0 Å². The molecule has 0 saturated carbocycles. The van der Waals surface area contributed by atoms with E-state index in [-0.39, 0.29) is 11.9 Å². The second-order valence-electron chi connectivity index (χ2n) is 6.00. The number of aromatic nitrogens is 3. The van der Waals surface area contributed by atoms with Gasteiger partial charge in [0.15, 0.2) is 5.82 Å². The van der Waals surface area contributed by atoms with E-state index >= 15 is 0 Å². The van der Waals surface area contributed by atoms with E-state index in [0.717, 1.165) is 43.3 Å². The lowest BCUT2D eigenvalue weighted by Gasteiger charge is -2.31. The van der Waals surface area contributed by atoms with Crippen LogP contribution in [-0.4, -0.2) is 51.9 Å². The third kappa shape index (κ3) is 3.27. The number of pyridine rings is 1. The van der Waals surface area contributed by atoms with Gasteiger partial charge in [0.05, 0.1) is 11.3 Å². The third-order valence-corrected chi connectivity index (χ3v) is 4.28. The molecular weight excluding hydrogens is 292 g/mol. The van der Waals surface area contributed by atoms with Crippen molar-refractivity contribution in [3.05, 3.63) is 41.3 Å². The average molecular weight is 314 g/mol. The molecule has 1 saturated heterocycles. The van der Waals surface area contributed by atoms with Gasteiger partial charge < -0.3 is 9.64 Å². The van der Waals surface area contributed by atoms with Crippen LogP contribution in [0.3, 0.4) is 0 Å². The molecule has 1 aliphatic rings. The van der Waals surface area contributed by atoms with E-state index in [1.54, 1.807) is 10.9 Å². The molecule has 122 valence electrons. The van der Waals surface area contributed by atoms with E-state index in [0.29, 0.717) is 5.56 Å². The summed E-state index contributed by atoms with van der Waals surface area (Å²) in [6.07, 6.45) is 3.41. The normalized spacial score (nSPS) is 15.6. The zero-order valence-corrected chi connectivity index (χ0v) is 13.8. The predicted octanol–water partition coefficient (Wildman–Crippen LogP) is 2.14. The van der Waals surface area contributed by atoms with Gasteiger partial charge in [0.1, 0.15) is 0 Å². The number of hydrogen-bond acceptors (Lipinski definition) is 4. The zero-order chi connectivity index (χ0) is 16.4. The summed E-state index contributed by atoms with van der Waals surface area (Å²) in [4.78, 5) is 18.8. The summed E-state index contributed by atoms with van der Waals surface area (Å²) in [5.74, 6) is 0.727. The highest BCUT2D eigenvalue weighted by Crippen LogP contribution is 2.16. The van der Waals surface area contributed by atoms with E-state index in [2.05, 4.69) is 10.1 Å². The monoisotopic (exact) mass is 314 g/mol. The van der Waals surface area contributed by atoms with Gasteiger partial charge in [-0.1, -0.05) is 0 Å². The topological polar surface area (TPSA) is 60.2 Å². The Labute approximate surface area is 136 Å². The van der Waals surface area contributed by atoms with E-state index in [1.807, 2.05) is 44.0 Å². The molecule has 0 N–H and O–H groups in total. The van der Waals surface area contributed by atoms with Crippen molar-refractivity contribution in [2.75, 3.05) is 20.3 Å². The first kappa shape index (κ1) is 15.7. The highest BCUT2D eigenvalue weighted by molar-refractivity contribution is 5.94. The Balaban J connectivity index is 1.76. The van der Waals surface area contributed by atoms with Crippen LogP contribution in [0.15, 0.2) is 24.4 Å². The van der Waals surface area contributed by atoms with Crippen molar-refractivity contribution in [1.82, 2.24) is 19.7 Å². The van der Waals surface area contributed by atoms with Crippen molar-refractivity contribution >= 4 is 5.91 Å². The van der Waals surface area contributed by atoms with Gasteiger partial charge in [0.25, 0.3) is 5.91 Å². The number of carbonyl (C=O) groups is 1. The van der Waals surface area contributed by atoms with Crippen molar-refractivity contribution in [3.8, 4) is 5.82 Å². The van der Waals surface area contributed by atoms with Crippen LogP contribution in [0.4, 0.5) is 0 Å². The summed E-state index contributed by atoms with van der Waals surface area (Å²) in [6, 6.07) is 5.90. The molecule has 1 amide bonds. The van der Waals surface area contributed by atoms with Gasteiger partial charge in [-0.2, -0.15) is 5.10 Å². The van der Waals surface area contributed by atoms with Crippen molar-refractivity contribution in [2.45, 2.75) is 32.7 Å². The largest absolute Gasteiger partial charge is 0.381 e. The highest BCUT2D eigenvalue weighted by atomic mass is 16.5. The molecule has 1 fully saturated rings. The Kier molecular flexibility index (Phi) is 4.43. The highest BCUT2D eigenvalue weighted by Gasteiger charge is 2.23. The maximum atomic E-state index is 12.6. The van der Waals surface area contributed by atoms with Crippen LogP contribution >= 0.6 is 0 Å². The lowest BCUT2D eigenvalue weighted by atomic mass is 10.1. The molecular formula is C17H22N4O2. The van der Waals surface area contributed by atoms with E-state index in [4.69, 9.17) is 4.74 Å². The standard InChI is InChI=1S/C17H22N4O2/c1-12-10-13(2)21(19-12)16-5-4-14(11-18-16)17(22)20(3)15-6-8-23-9-7-15/h4-5,10-11,15H,6-9H2,1-3H3. The van der Waals surface area contributed by atoms with Gasteiger partial charge in [-0.05, 0) is 44.9 Å². The molecule has 0 unspecified atom stereocenters. The first-order valence-electron chi connectivity index (χ1n) is 7.91. The molecule has 0 bridgehead atoms. The number of nitrogens with zero attached hydrogens (tertiary/aromatic N) is 4. The predicted molar refractivity (Wildman–Crippen MR) is 86.8 cm³/mol. The minimum atomic E-state index is 0.00400. The SMILES string of the molecule is Cc1cc(C)n(-c2ccc(C(=O)N(C)C3CCOCC3)cn2)n1. The molecule has 23 heavy (non-hydrogen) atoms. The van der Waals surface area contributed by atoms with Crippen LogP contribution in [0, 0.1) is 13.8 Å². The first-order chi connectivity index (χ1) is 11.1. The molecule has 3 rings (SSSR count). The van der Waals surface area contributed by atoms with Crippen LogP contribution in [0.1, 0.15) is 34.6 Å². The fourth-order valence-electron chi connectivity index (χ4n) is 2.94. The van der Waals surface area contributed by atoms with Crippen molar-refractivity contribution < 1.29 is 9.53 Å². The fourth-order valence-corrected chi connectivity index (χ4v) is 2.94. The minimum Gasteiger partial charge on any atom is -0.381 e. The van der Waals surface area contributed by atoms with Gasteiger partial charge >= 0.3 is 0 Å². The minimum absolute atomic E-state index is 0.00400. The molecule has 0 atom stereocenters. The van der Waals surface area contributed by atoms with E-state index < -0.39 is 0 Å². The van der Waals surface area contributed by atoms with Crippen LogP contribution in [0.5, 0.6) is 0 Å². The van der Waals surface area contributed by atoms with E-state index in [9.17, 15) is 4.79 Å². The number of ether oxygens (including phenoxy) is 1. The molecule has 2 aromatic heterocycles. The Hall–Kier alpha value is -2.21. The summed E-state index contributed by atoms with van der Waals surface area (Å²) < 4.78 is 7.14.